The van der Waals surface area contributed by atoms with Gasteiger partial charge in [0.2, 0.25) is 0 Å². The number of pyridine rings is 1. The van der Waals surface area contributed by atoms with E-state index in [1.807, 2.05) is 60.7 Å². The van der Waals surface area contributed by atoms with Crippen molar-refractivity contribution < 1.29 is 85.0 Å². The van der Waals surface area contributed by atoms with Crippen LogP contribution >= 0.6 is 46.7 Å². The first-order chi connectivity index (χ1) is 58.5. The van der Waals surface area contributed by atoms with E-state index in [2.05, 4.69) is 88.1 Å². The molecule has 1 aromatic heterocycles. The lowest BCUT2D eigenvalue weighted by Crippen LogP contribution is -2.62. The average Bonchev–Trinajstić information content (AvgIpc) is 1.69. The van der Waals surface area contributed by atoms with Gasteiger partial charge in [-0.25, -0.2) is 13.7 Å². The maximum absolute atomic E-state index is 13.4. The first-order valence-corrected chi connectivity index (χ1v) is 53.9. The number of hydrogen-bond donors (Lipinski definition) is 6. The number of halogens is 2. The molecular formula is C99H152Cl2NO18P3. The summed E-state index contributed by atoms with van der Waals surface area (Å²) in [7, 11) is -10.9. The highest BCUT2D eigenvalue weighted by atomic mass is 35.5. The number of phosphoric ester groups is 3. The van der Waals surface area contributed by atoms with Crippen LogP contribution in [0.4, 0.5) is 0 Å². The van der Waals surface area contributed by atoms with Gasteiger partial charge < -0.3 is 30.6 Å². The van der Waals surface area contributed by atoms with Crippen molar-refractivity contribution in [1.29, 1.82) is 0 Å². The fourth-order valence-electron chi connectivity index (χ4n) is 32.3. The van der Waals surface area contributed by atoms with Crippen LogP contribution in [0.1, 0.15) is 298 Å². The quantitative estimate of drug-likeness (QED) is 0.0609. The van der Waals surface area contributed by atoms with Crippen LogP contribution in [-0.4, -0.2) is 112 Å². The molecule has 0 bridgehead atoms. The standard InChI is InChI=1S/C34H52ClO6P.C33H50ClO6P.C32H50NO6P/c1-5-23-28-20-22(36)12-16-34(28,4)27-13-17-33(3)25(10-11-26(33)31(27)32(23)37)21(2)14-18-39-42(38)40-19-15-30(41-42)24-8-6-7-9-29(24)35;1-20(12-16-38-41(37)39-17-13-29(40-41)22-6-5-7-23(34)18-22)25-8-9-26-30-27(11-15-32(25,26)3)33(4)14-10-24(35)19-28(33)21(2)31(30)36;1-20(11-17-37-40(36)38-18-12-28(39-40)22-9-15-33-16-10-22)24-5-6-25-29-26(8-14-31(24,25)3)32(4)13-7-23(34)19-27(32)21(2)30(29)35/h6-9,21-23,25-28,30-32,36-37H,5,10-20H2,1-4H3;5-7,18,20-21,24-31,35-36H,8-17,19H2,1-4H3;9-10,15-16,20-21,23-30,34-35H,5-8,11-14,17-19H2,1-4H3/t21-,22-,23-,25-,26?,27?,28?,30+,31?,32-,33-,34-,42?;20-,21-,24-,25-,26?,27?,28?,29+,30?,31-,32-,33-,41?;20-,21-,23-,24-,25?,26?,27?,28+,29?,30-,31-,32-,40?/m111/s1. The molecule has 12 aliphatic carbocycles. The van der Waals surface area contributed by atoms with Gasteiger partial charge in [-0.15, -0.1) is 0 Å². The van der Waals surface area contributed by atoms with Gasteiger partial charge in [0.25, 0.3) is 0 Å². The number of benzene rings is 2. The van der Waals surface area contributed by atoms with Crippen LogP contribution in [0.25, 0.3) is 0 Å². The molecule has 0 spiro atoms. The Kier molecular flexibility index (Phi) is 28.9. The second kappa shape index (κ2) is 37.6. The minimum atomic E-state index is -3.66. The first-order valence-electron chi connectivity index (χ1n) is 48.7. The molecule has 123 heavy (non-hydrogen) atoms. The van der Waals surface area contributed by atoms with Crippen LogP contribution < -0.4 is 0 Å². The number of hydrogen-bond acceptors (Lipinski definition) is 19. The Labute approximate surface area is 746 Å². The van der Waals surface area contributed by atoms with Crippen molar-refractivity contribution >= 4 is 46.7 Å². The maximum Gasteiger partial charge on any atom is 0.475 e. The molecule has 24 heteroatoms. The molecule has 15 aliphatic rings. The van der Waals surface area contributed by atoms with E-state index < -0.39 is 29.6 Å². The zero-order valence-corrected chi connectivity index (χ0v) is 80.1. The number of phosphoric acid groups is 3. The molecule has 6 N–H and O–H groups in total. The van der Waals surface area contributed by atoms with Gasteiger partial charge in [-0.2, -0.15) is 0 Å². The molecule has 15 fully saturated rings. The number of aliphatic hydroxyl groups is 6. The highest BCUT2D eigenvalue weighted by molar-refractivity contribution is 7.49. The van der Waals surface area contributed by atoms with Crippen LogP contribution in [0.2, 0.25) is 10.0 Å². The highest BCUT2D eigenvalue weighted by Gasteiger charge is 2.69. The van der Waals surface area contributed by atoms with E-state index in [4.69, 9.17) is 63.9 Å². The molecule has 4 heterocycles. The molecule has 0 radical (unpaired) electrons. The lowest BCUT2D eigenvalue weighted by Gasteiger charge is -2.64. The smallest absolute Gasteiger partial charge is 0.393 e. The number of aromatic nitrogens is 1. The molecular weight excluding hydrogens is 1650 g/mol. The Morgan fingerprint density at radius 3 is 1.20 bits per heavy atom. The van der Waals surface area contributed by atoms with Crippen molar-refractivity contribution in [1.82, 2.24) is 4.98 Å². The first kappa shape index (κ1) is 94.5. The monoisotopic (exact) mass is 1810 g/mol. The summed E-state index contributed by atoms with van der Waals surface area (Å²) in [5.41, 5.74) is 3.90. The molecule has 3 aromatic rings. The minimum absolute atomic E-state index is 0.189. The Hall–Kier alpha value is -1.74. The molecule has 3 aliphatic heterocycles. The van der Waals surface area contributed by atoms with Gasteiger partial charge in [-0.3, -0.25) is 45.7 Å². The van der Waals surface area contributed by atoms with E-state index in [0.29, 0.717) is 175 Å². The number of aliphatic hydroxyl groups excluding tert-OH is 6. The van der Waals surface area contributed by atoms with Crippen LogP contribution in [0.15, 0.2) is 73.1 Å². The molecule has 39 atom stereocenters. The SMILES string of the molecule is CC[C@@H]1C2C[C@H](O)CC[C@]2(C)C2CC[C@@]3(C)C(CC[C@@H]3[C@H](C)CCOP3(=O)OCC[C@@H](c4ccccc4Cl)O3)C2[C@@H]1O.C[C@H](CCOP1(=O)OCC[C@@H](c2cccc(Cl)c2)O1)[C@H]1CCC2C3C(CC[C@@]21C)[C@@]1(C)CC[C@@H](O)CC1[C@@H](C)[C@H]3O.C[C@H](CCOP1(=O)OCC[C@@H](c2ccncc2)O1)[C@H]1CCC2C3C(CC[C@@]21C)[C@@]1(C)CC[C@@H](O)CC1[C@@H](C)[C@H]3O. The maximum atomic E-state index is 13.4. The molecule has 19 nitrogen and oxygen atoms in total. The van der Waals surface area contributed by atoms with E-state index in [0.717, 1.165) is 100 Å². The van der Waals surface area contributed by atoms with Crippen LogP contribution in [0.3, 0.4) is 0 Å². The van der Waals surface area contributed by atoms with Crippen LogP contribution in [-0.2, 0) is 54.4 Å². The van der Waals surface area contributed by atoms with Crippen molar-refractivity contribution in [2.45, 2.75) is 318 Å². The number of fused-ring (bicyclic) bond motifs is 15. The largest absolute Gasteiger partial charge is 0.475 e. The third-order valence-corrected chi connectivity index (χ3v) is 43.7. The normalized spacial score (nSPS) is 48.6. The lowest BCUT2D eigenvalue weighted by molar-refractivity contribution is -0.203. The third-order valence-electron chi connectivity index (χ3n) is 38.6. The van der Waals surface area contributed by atoms with Crippen molar-refractivity contribution in [2.75, 3.05) is 39.6 Å². The Bertz CT molecular complexity index is 4230. The summed E-state index contributed by atoms with van der Waals surface area (Å²) >= 11 is 12.5. The predicted octanol–water partition coefficient (Wildman–Crippen LogP) is 23.7. The number of rotatable bonds is 19. The zero-order valence-electron chi connectivity index (χ0n) is 75.9. The van der Waals surface area contributed by atoms with Gasteiger partial charge in [-0.1, -0.05) is 143 Å². The summed E-state index contributed by atoms with van der Waals surface area (Å²) < 4.78 is 91.8. The second-order valence-corrected chi connectivity index (χ2v) is 49.8. The second-order valence-electron chi connectivity index (χ2n) is 44.1. The van der Waals surface area contributed by atoms with Crippen LogP contribution in [0.5, 0.6) is 0 Å². The van der Waals surface area contributed by atoms with Gasteiger partial charge in [0.15, 0.2) is 0 Å². The van der Waals surface area contributed by atoms with E-state index >= 15 is 0 Å². The molecule has 12 saturated carbocycles. The molecule has 18 rings (SSSR count). The van der Waals surface area contributed by atoms with Crippen molar-refractivity contribution in [3.05, 3.63) is 99.8 Å². The molecule has 690 valence electrons. The average molecular weight is 1810 g/mol. The van der Waals surface area contributed by atoms with Gasteiger partial charge in [0.05, 0.1) is 94.6 Å². The van der Waals surface area contributed by atoms with E-state index in [9.17, 15) is 44.3 Å². The lowest BCUT2D eigenvalue weighted by atomic mass is 9.41. The minimum Gasteiger partial charge on any atom is -0.393 e. The molecule has 0 amide bonds. The summed E-state index contributed by atoms with van der Waals surface area (Å²) in [6.45, 7) is 30.7. The molecule has 2 aromatic carbocycles. The van der Waals surface area contributed by atoms with Gasteiger partial charge >= 0.3 is 23.5 Å². The van der Waals surface area contributed by atoms with Crippen molar-refractivity contribution in [3.8, 4) is 0 Å². The van der Waals surface area contributed by atoms with E-state index in [-0.39, 0.29) is 99.1 Å². The van der Waals surface area contributed by atoms with Crippen LogP contribution in [0, 0.1) is 157 Å². The highest BCUT2D eigenvalue weighted by Crippen LogP contribution is 2.75. The summed E-state index contributed by atoms with van der Waals surface area (Å²) in [4.78, 5) is 4.06. The molecule has 3 saturated heterocycles. The Balaban J connectivity index is 0.000000137. The van der Waals surface area contributed by atoms with Crippen molar-refractivity contribution in [3.63, 3.8) is 0 Å². The number of nitrogens with zero attached hydrogens (tertiary/aromatic N) is 1. The summed E-state index contributed by atoms with van der Waals surface area (Å²) in [5, 5.41) is 68.2. The van der Waals surface area contributed by atoms with Gasteiger partial charge in [-0.05, 0) is 352 Å². The summed E-state index contributed by atoms with van der Waals surface area (Å²) in [5.74, 6) is 9.13. The summed E-state index contributed by atoms with van der Waals surface area (Å²) in [6, 6.07) is 18.7. The van der Waals surface area contributed by atoms with Gasteiger partial charge in [0, 0.05) is 47.3 Å². The van der Waals surface area contributed by atoms with Gasteiger partial charge in [0.1, 0.15) is 0 Å². The fourth-order valence-corrected chi connectivity index (χ4v) is 36.9. The Morgan fingerprint density at radius 1 is 0.423 bits per heavy atom. The fraction of sp³-hybridized carbons (Fsp3) is 0.828. The topological polar surface area (TPSA) is 269 Å². The van der Waals surface area contributed by atoms with E-state index in [1.54, 1.807) is 12.4 Å². The predicted molar refractivity (Wildman–Crippen MR) is 478 cm³/mol. The third kappa shape index (κ3) is 18.0. The molecule has 15 unspecified atom stereocenters. The Morgan fingerprint density at radius 2 is 0.789 bits per heavy atom. The van der Waals surface area contributed by atoms with Crippen molar-refractivity contribution in [2.24, 2.45) is 157 Å². The summed E-state index contributed by atoms with van der Waals surface area (Å²) in [6.07, 6.45) is 28.8. The zero-order chi connectivity index (χ0) is 87.3. The van der Waals surface area contributed by atoms with E-state index in [1.165, 1.54) is 77.0 Å².